The third kappa shape index (κ3) is 5.09. The molecule has 0 radical (unpaired) electrons. The number of rotatable bonds is 7. The minimum atomic E-state index is -0.299. The van der Waals surface area contributed by atoms with E-state index in [1.165, 1.54) is 19.1 Å². The molecular weight excluding hydrogens is 357 g/mol. The highest BCUT2D eigenvalue weighted by Crippen LogP contribution is 2.31. The predicted molar refractivity (Wildman–Crippen MR) is 108 cm³/mol. The molecule has 0 unspecified atom stereocenters. The second-order valence-electron chi connectivity index (χ2n) is 7.50. The van der Waals surface area contributed by atoms with E-state index in [0.717, 1.165) is 35.3 Å². The highest BCUT2D eigenvalue weighted by atomic mass is 19.1. The van der Waals surface area contributed by atoms with Crippen LogP contribution in [0.4, 0.5) is 15.8 Å². The van der Waals surface area contributed by atoms with Gasteiger partial charge in [0.05, 0.1) is 0 Å². The number of carbonyl (C=O) groups is 2. The van der Waals surface area contributed by atoms with E-state index < -0.39 is 0 Å². The molecule has 0 saturated heterocycles. The van der Waals surface area contributed by atoms with E-state index in [0.29, 0.717) is 13.1 Å². The summed E-state index contributed by atoms with van der Waals surface area (Å²) in [6, 6.07) is 11.9. The van der Waals surface area contributed by atoms with E-state index in [-0.39, 0.29) is 23.5 Å². The molecule has 28 heavy (non-hydrogen) atoms. The maximum absolute atomic E-state index is 13.2. The van der Waals surface area contributed by atoms with Crippen LogP contribution in [0.25, 0.3) is 0 Å². The summed E-state index contributed by atoms with van der Waals surface area (Å²) in [5, 5.41) is 2.97. The number of hydrogen-bond donors (Lipinski definition) is 1. The summed E-state index contributed by atoms with van der Waals surface area (Å²) in [6.07, 6.45) is 1.90. The SMILES string of the molecule is CC(=O)N(Cc1ccc(F)cc1)Cc1cc(NC(=O)C2CC2)ccc1N(C)C. The third-order valence-corrected chi connectivity index (χ3v) is 4.87. The number of benzene rings is 2. The Balaban J connectivity index is 1.82. The van der Waals surface area contributed by atoms with Gasteiger partial charge in [0.2, 0.25) is 11.8 Å². The molecule has 0 aliphatic heterocycles. The Morgan fingerprint density at radius 3 is 2.32 bits per heavy atom. The molecule has 148 valence electrons. The topological polar surface area (TPSA) is 52.7 Å². The van der Waals surface area contributed by atoms with Gasteiger partial charge in [0.15, 0.2) is 0 Å². The third-order valence-electron chi connectivity index (χ3n) is 4.87. The quantitative estimate of drug-likeness (QED) is 0.791. The molecule has 3 rings (SSSR count). The molecule has 1 aliphatic carbocycles. The number of amides is 2. The lowest BCUT2D eigenvalue weighted by atomic mass is 10.1. The predicted octanol–water partition coefficient (Wildman–Crippen LogP) is 3.79. The zero-order chi connectivity index (χ0) is 20.3. The van der Waals surface area contributed by atoms with Crippen molar-refractivity contribution in [3.63, 3.8) is 0 Å². The van der Waals surface area contributed by atoms with Gasteiger partial charge in [-0.15, -0.1) is 0 Å². The van der Waals surface area contributed by atoms with Crippen molar-refractivity contribution in [2.24, 2.45) is 5.92 Å². The van der Waals surface area contributed by atoms with Crippen molar-refractivity contribution in [3.8, 4) is 0 Å². The molecule has 0 bridgehead atoms. The Morgan fingerprint density at radius 2 is 1.75 bits per heavy atom. The Morgan fingerprint density at radius 1 is 1.07 bits per heavy atom. The van der Waals surface area contributed by atoms with Gasteiger partial charge in [0.1, 0.15) is 5.82 Å². The van der Waals surface area contributed by atoms with Gasteiger partial charge >= 0.3 is 0 Å². The van der Waals surface area contributed by atoms with Crippen molar-refractivity contribution in [1.29, 1.82) is 0 Å². The number of halogens is 1. The summed E-state index contributed by atoms with van der Waals surface area (Å²) in [5.74, 6) is -0.184. The molecule has 1 N–H and O–H groups in total. The van der Waals surface area contributed by atoms with Gasteiger partial charge in [-0.1, -0.05) is 12.1 Å². The monoisotopic (exact) mass is 383 g/mol. The van der Waals surface area contributed by atoms with Crippen molar-refractivity contribution in [1.82, 2.24) is 4.90 Å². The number of carbonyl (C=O) groups excluding carboxylic acids is 2. The van der Waals surface area contributed by atoms with Gasteiger partial charge in [-0.2, -0.15) is 0 Å². The van der Waals surface area contributed by atoms with Crippen LogP contribution in [0.2, 0.25) is 0 Å². The lowest BCUT2D eigenvalue weighted by molar-refractivity contribution is -0.130. The van der Waals surface area contributed by atoms with E-state index in [9.17, 15) is 14.0 Å². The molecule has 0 aromatic heterocycles. The first kappa shape index (κ1) is 19.9. The number of nitrogens with one attached hydrogen (secondary N) is 1. The molecule has 6 heteroatoms. The Labute approximate surface area is 165 Å². The second-order valence-corrected chi connectivity index (χ2v) is 7.50. The Hall–Kier alpha value is -2.89. The first-order valence-electron chi connectivity index (χ1n) is 9.44. The first-order chi connectivity index (χ1) is 13.3. The second kappa shape index (κ2) is 8.42. The van der Waals surface area contributed by atoms with E-state index in [2.05, 4.69) is 5.32 Å². The fourth-order valence-electron chi connectivity index (χ4n) is 3.11. The van der Waals surface area contributed by atoms with Crippen molar-refractivity contribution in [2.45, 2.75) is 32.9 Å². The Bertz CT molecular complexity index is 861. The van der Waals surface area contributed by atoms with Crippen LogP contribution in [-0.4, -0.2) is 30.8 Å². The summed E-state index contributed by atoms with van der Waals surface area (Å²) in [4.78, 5) is 28.0. The van der Waals surface area contributed by atoms with E-state index in [4.69, 9.17) is 0 Å². The van der Waals surface area contributed by atoms with E-state index in [1.54, 1.807) is 17.0 Å². The molecule has 0 heterocycles. The minimum absolute atomic E-state index is 0.0540. The van der Waals surface area contributed by atoms with Crippen molar-refractivity contribution in [2.75, 3.05) is 24.3 Å². The van der Waals surface area contributed by atoms with E-state index in [1.807, 2.05) is 37.2 Å². The van der Waals surface area contributed by atoms with Gasteiger partial charge in [-0.3, -0.25) is 9.59 Å². The minimum Gasteiger partial charge on any atom is -0.377 e. The fourth-order valence-corrected chi connectivity index (χ4v) is 3.11. The van der Waals surface area contributed by atoms with Crippen LogP contribution in [-0.2, 0) is 22.7 Å². The molecule has 0 spiro atoms. The zero-order valence-corrected chi connectivity index (χ0v) is 16.5. The molecule has 2 aromatic carbocycles. The number of hydrogen-bond acceptors (Lipinski definition) is 3. The summed E-state index contributed by atoms with van der Waals surface area (Å²) in [7, 11) is 3.89. The smallest absolute Gasteiger partial charge is 0.227 e. The zero-order valence-electron chi connectivity index (χ0n) is 16.5. The molecule has 2 amide bonds. The van der Waals surface area contributed by atoms with Crippen LogP contribution in [0.3, 0.4) is 0 Å². The summed E-state index contributed by atoms with van der Waals surface area (Å²) in [6.45, 7) is 2.31. The summed E-state index contributed by atoms with van der Waals surface area (Å²) in [5.41, 5.74) is 3.52. The van der Waals surface area contributed by atoms with Crippen LogP contribution >= 0.6 is 0 Å². The lowest BCUT2D eigenvalue weighted by Crippen LogP contribution is -2.28. The molecule has 2 aromatic rings. The van der Waals surface area contributed by atoms with Gasteiger partial charge in [0, 0.05) is 51.4 Å². The highest BCUT2D eigenvalue weighted by molar-refractivity contribution is 5.94. The van der Waals surface area contributed by atoms with Crippen molar-refractivity contribution in [3.05, 3.63) is 59.4 Å². The largest absolute Gasteiger partial charge is 0.377 e. The molecule has 1 aliphatic rings. The Kier molecular flexibility index (Phi) is 5.97. The fraction of sp³-hybridized carbons (Fsp3) is 0.364. The van der Waals surface area contributed by atoms with Crippen LogP contribution in [0.5, 0.6) is 0 Å². The first-order valence-corrected chi connectivity index (χ1v) is 9.44. The lowest BCUT2D eigenvalue weighted by Gasteiger charge is -2.25. The molecular formula is C22H26FN3O2. The van der Waals surface area contributed by atoms with Gasteiger partial charge in [-0.25, -0.2) is 4.39 Å². The number of nitrogens with zero attached hydrogens (tertiary/aromatic N) is 2. The maximum atomic E-state index is 13.2. The van der Waals surface area contributed by atoms with Crippen molar-refractivity contribution < 1.29 is 14.0 Å². The summed E-state index contributed by atoms with van der Waals surface area (Å²) < 4.78 is 13.2. The van der Waals surface area contributed by atoms with Gasteiger partial charge in [-0.05, 0) is 54.3 Å². The summed E-state index contributed by atoms with van der Waals surface area (Å²) >= 11 is 0. The van der Waals surface area contributed by atoms with Gasteiger partial charge < -0.3 is 15.1 Å². The van der Waals surface area contributed by atoms with Crippen LogP contribution in [0.1, 0.15) is 30.9 Å². The molecule has 1 fully saturated rings. The van der Waals surface area contributed by atoms with Crippen molar-refractivity contribution >= 4 is 23.2 Å². The maximum Gasteiger partial charge on any atom is 0.227 e. The van der Waals surface area contributed by atoms with Crippen LogP contribution in [0, 0.1) is 11.7 Å². The van der Waals surface area contributed by atoms with Crippen LogP contribution < -0.4 is 10.2 Å². The van der Waals surface area contributed by atoms with Crippen LogP contribution in [0.15, 0.2) is 42.5 Å². The highest BCUT2D eigenvalue weighted by Gasteiger charge is 2.29. The standard InChI is InChI=1S/C22H26FN3O2/c1-15(27)26(13-16-4-8-19(23)9-5-16)14-18-12-20(10-11-21(18)25(2)3)24-22(28)17-6-7-17/h4-5,8-12,17H,6-7,13-14H2,1-3H3,(H,24,28). The molecule has 1 saturated carbocycles. The normalized spacial score (nSPS) is 13.1. The molecule has 5 nitrogen and oxygen atoms in total. The average Bonchev–Trinajstić information content (AvgIpc) is 3.48. The molecule has 0 atom stereocenters. The average molecular weight is 383 g/mol. The number of anilines is 2. The van der Waals surface area contributed by atoms with Gasteiger partial charge in [0.25, 0.3) is 0 Å². The van der Waals surface area contributed by atoms with E-state index >= 15 is 0 Å².